The molecule has 4 nitrogen and oxygen atoms in total. The quantitative estimate of drug-likeness (QED) is 0.415. The molecule has 0 aliphatic carbocycles. The summed E-state index contributed by atoms with van der Waals surface area (Å²) in [5.74, 6) is 0. The zero-order chi connectivity index (χ0) is 21.5. The Bertz CT molecular complexity index is 1420. The largest absolute Gasteiger partial charge is 0.327 e. The van der Waals surface area contributed by atoms with E-state index in [0.29, 0.717) is 6.54 Å². The fraction of sp³-hybridized carbons (Fsp3) is 0.107. The molecule has 2 aliphatic heterocycles. The van der Waals surface area contributed by atoms with E-state index in [4.69, 9.17) is 0 Å². The molecular weight excluding hydrogens is 394 g/mol. The number of benzene rings is 4. The highest BCUT2D eigenvalue weighted by Gasteiger charge is 2.32. The molecule has 0 fully saturated rings. The first-order chi connectivity index (χ1) is 15.8. The van der Waals surface area contributed by atoms with E-state index in [2.05, 4.69) is 101 Å². The van der Waals surface area contributed by atoms with Crippen LogP contribution >= 0.6 is 0 Å². The maximum atomic E-state index is 12.7. The van der Waals surface area contributed by atoms with Crippen LogP contribution in [0, 0.1) is 0 Å². The molecule has 0 saturated heterocycles. The van der Waals surface area contributed by atoms with E-state index >= 15 is 0 Å². The Balaban J connectivity index is 1.50. The molecular formula is C28H23N3O. The Kier molecular flexibility index (Phi) is 4.51. The first-order valence-corrected chi connectivity index (χ1v) is 11.0. The number of urea groups is 1. The summed E-state index contributed by atoms with van der Waals surface area (Å²) in [6.45, 7) is 1.44. The van der Waals surface area contributed by atoms with Crippen LogP contribution in [0.2, 0.25) is 0 Å². The molecule has 4 heteroatoms. The average Bonchev–Trinajstić information content (AvgIpc) is 2.84. The SMILES string of the molecule is O=C1NC2=C(CNC/C2=C\c2cccc3ccccc23)C(c2cccc3ccccc23)N1. The molecule has 0 saturated carbocycles. The molecule has 6 rings (SSSR count). The van der Waals surface area contributed by atoms with Crippen molar-refractivity contribution in [3.63, 3.8) is 0 Å². The van der Waals surface area contributed by atoms with Gasteiger partial charge in [0.1, 0.15) is 0 Å². The summed E-state index contributed by atoms with van der Waals surface area (Å²) >= 11 is 0. The third-order valence-corrected chi connectivity index (χ3v) is 6.42. The van der Waals surface area contributed by atoms with Gasteiger partial charge in [0.25, 0.3) is 0 Å². The zero-order valence-corrected chi connectivity index (χ0v) is 17.6. The van der Waals surface area contributed by atoms with Gasteiger partial charge < -0.3 is 16.0 Å². The van der Waals surface area contributed by atoms with Gasteiger partial charge in [-0.05, 0) is 49.9 Å². The van der Waals surface area contributed by atoms with Crippen LogP contribution in [-0.4, -0.2) is 19.1 Å². The lowest BCUT2D eigenvalue weighted by atomic mass is 9.87. The molecule has 2 aliphatic rings. The molecule has 0 aromatic heterocycles. The van der Waals surface area contributed by atoms with Crippen molar-refractivity contribution < 1.29 is 4.79 Å². The third kappa shape index (κ3) is 3.17. The Hall–Kier alpha value is -3.89. The van der Waals surface area contributed by atoms with Crippen molar-refractivity contribution in [3.05, 3.63) is 113 Å². The first-order valence-electron chi connectivity index (χ1n) is 11.0. The van der Waals surface area contributed by atoms with Crippen molar-refractivity contribution in [3.8, 4) is 0 Å². The first kappa shape index (κ1) is 18.8. The van der Waals surface area contributed by atoms with Gasteiger partial charge in [-0.1, -0.05) is 84.9 Å². The topological polar surface area (TPSA) is 53.2 Å². The molecule has 1 unspecified atom stereocenters. The minimum absolute atomic E-state index is 0.160. The molecule has 32 heavy (non-hydrogen) atoms. The Morgan fingerprint density at radius 1 is 0.750 bits per heavy atom. The van der Waals surface area contributed by atoms with E-state index in [0.717, 1.165) is 28.9 Å². The van der Waals surface area contributed by atoms with E-state index in [1.165, 1.54) is 27.1 Å². The maximum absolute atomic E-state index is 12.7. The van der Waals surface area contributed by atoms with Crippen molar-refractivity contribution in [2.75, 3.05) is 13.1 Å². The number of hydrogen-bond acceptors (Lipinski definition) is 2. The molecule has 1 atom stereocenters. The molecule has 0 bridgehead atoms. The highest BCUT2D eigenvalue weighted by molar-refractivity contribution is 5.92. The Morgan fingerprint density at radius 2 is 1.44 bits per heavy atom. The molecule has 2 amide bonds. The number of hydrogen-bond donors (Lipinski definition) is 3. The van der Waals surface area contributed by atoms with Crippen LogP contribution in [-0.2, 0) is 0 Å². The van der Waals surface area contributed by atoms with Crippen molar-refractivity contribution in [1.82, 2.24) is 16.0 Å². The number of carbonyl (C=O) groups excluding carboxylic acids is 1. The maximum Gasteiger partial charge on any atom is 0.319 e. The number of carbonyl (C=O) groups is 1. The number of amides is 2. The molecule has 156 valence electrons. The van der Waals surface area contributed by atoms with Gasteiger partial charge >= 0.3 is 6.03 Å². The van der Waals surface area contributed by atoms with Crippen LogP contribution in [0.25, 0.3) is 27.6 Å². The summed E-state index contributed by atoms with van der Waals surface area (Å²) < 4.78 is 0. The second-order valence-corrected chi connectivity index (χ2v) is 8.34. The average molecular weight is 418 g/mol. The van der Waals surface area contributed by atoms with Gasteiger partial charge in [-0.3, -0.25) is 0 Å². The number of rotatable bonds is 2. The normalized spacial score (nSPS) is 19.7. The van der Waals surface area contributed by atoms with Crippen LogP contribution in [0.5, 0.6) is 0 Å². The molecule has 3 N–H and O–H groups in total. The fourth-order valence-corrected chi connectivity index (χ4v) is 4.94. The van der Waals surface area contributed by atoms with E-state index in [1.807, 2.05) is 6.07 Å². The van der Waals surface area contributed by atoms with Gasteiger partial charge in [0.15, 0.2) is 0 Å². The van der Waals surface area contributed by atoms with Gasteiger partial charge in [-0.15, -0.1) is 0 Å². The molecule has 4 aromatic rings. The minimum Gasteiger partial charge on any atom is -0.327 e. The zero-order valence-electron chi connectivity index (χ0n) is 17.6. The van der Waals surface area contributed by atoms with E-state index in [9.17, 15) is 4.79 Å². The van der Waals surface area contributed by atoms with Gasteiger partial charge in [-0.2, -0.15) is 0 Å². The molecule has 2 heterocycles. The van der Waals surface area contributed by atoms with Crippen LogP contribution < -0.4 is 16.0 Å². The van der Waals surface area contributed by atoms with Crippen molar-refractivity contribution in [2.45, 2.75) is 6.04 Å². The lowest BCUT2D eigenvalue weighted by Gasteiger charge is -2.35. The summed E-state index contributed by atoms with van der Waals surface area (Å²) in [5, 5.41) is 14.6. The summed E-state index contributed by atoms with van der Waals surface area (Å²) in [6, 6.07) is 29.0. The summed E-state index contributed by atoms with van der Waals surface area (Å²) in [5.41, 5.74) is 5.49. The number of nitrogens with one attached hydrogen (secondary N) is 3. The lowest BCUT2D eigenvalue weighted by Crippen LogP contribution is -2.49. The van der Waals surface area contributed by atoms with Crippen LogP contribution in [0.4, 0.5) is 4.79 Å². The van der Waals surface area contributed by atoms with E-state index in [-0.39, 0.29) is 12.1 Å². The monoisotopic (exact) mass is 417 g/mol. The minimum atomic E-state index is -0.173. The van der Waals surface area contributed by atoms with E-state index < -0.39 is 0 Å². The predicted molar refractivity (Wildman–Crippen MR) is 130 cm³/mol. The summed E-state index contributed by atoms with van der Waals surface area (Å²) in [4.78, 5) is 12.7. The summed E-state index contributed by atoms with van der Waals surface area (Å²) in [7, 11) is 0. The van der Waals surface area contributed by atoms with Crippen LogP contribution in [0.15, 0.2) is 102 Å². The van der Waals surface area contributed by atoms with Gasteiger partial charge in [-0.25, -0.2) is 4.79 Å². The second kappa shape index (κ2) is 7.66. The Labute approximate surface area is 186 Å². The molecule has 0 spiro atoms. The molecule has 4 aromatic carbocycles. The van der Waals surface area contributed by atoms with Crippen molar-refractivity contribution in [2.24, 2.45) is 0 Å². The van der Waals surface area contributed by atoms with Gasteiger partial charge in [0.2, 0.25) is 0 Å². The van der Waals surface area contributed by atoms with Crippen molar-refractivity contribution in [1.29, 1.82) is 0 Å². The van der Waals surface area contributed by atoms with Crippen LogP contribution in [0.1, 0.15) is 17.2 Å². The van der Waals surface area contributed by atoms with Crippen molar-refractivity contribution >= 4 is 33.7 Å². The highest BCUT2D eigenvalue weighted by atomic mass is 16.2. The molecule has 0 radical (unpaired) electrons. The highest BCUT2D eigenvalue weighted by Crippen LogP contribution is 2.35. The summed E-state index contributed by atoms with van der Waals surface area (Å²) in [6.07, 6.45) is 2.20. The predicted octanol–water partition coefficient (Wildman–Crippen LogP) is 5.29. The van der Waals surface area contributed by atoms with E-state index in [1.54, 1.807) is 0 Å². The number of fused-ring (bicyclic) bond motifs is 2. The second-order valence-electron chi connectivity index (χ2n) is 8.34. The Morgan fingerprint density at radius 3 is 2.28 bits per heavy atom. The lowest BCUT2D eigenvalue weighted by molar-refractivity contribution is 0.238. The fourth-order valence-electron chi connectivity index (χ4n) is 4.94. The third-order valence-electron chi connectivity index (χ3n) is 6.42. The van der Waals surface area contributed by atoms with Gasteiger partial charge in [0.05, 0.1) is 6.04 Å². The van der Waals surface area contributed by atoms with Crippen LogP contribution in [0.3, 0.4) is 0 Å². The standard InChI is InChI=1S/C28H23N3O/c32-28-30-26-21(15-20-11-5-9-18-7-1-3-12-22(18)20)16-29-17-25(26)27(31-28)24-14-6-10-19-8-2-4-13-23(19)24/h1-15,27,29H,16-17H2,(H2,30,31,32)/b21-15+. The van der Waals surface area contributed by atoms with Gasteiger partial charge in [0, 0.05) is 18.8 Å². The smallest absolute Gasteiger partial charge is 0.319 e.